The van der Waals surface area contributed by atoms with Crippen molar-refractivity contribution in [1.82, 2.24) is 9.97 Å². The molecule has 106 valence electrons. The molecule has 0 aliphatic heterocycles. The Hall–Kier alpha value is -1.91. The number of fused-ring (bicyclic) bond motifs is 2. The Labute approximate surface area is 117 Å². The number of hydrogen-bond acceptors (Lipinski definition) is 4. The zero-order chi connectivity index (χ0) is 14.1. The van der Waals surface area contributed by atoms with Crippen molar-refractivity contribution in [3.63, 3.8) is 0 Å². The van der Waals surface area contributed by atoms with Gasteiger partial charge in [0.1, 0.15) is 0 Å². The number of carbonyl (C=O) groups is 1. The minimum atomic E-state index is 0.0356. The molecular weight excluding hydrogens is 254 g/mol. The van der Waals surface area contributed by atoms with E-state index in [1.807, 2.05) is 6.92 Å². The molecule has 1 N–H and O–H groups in total. The maximum absolute atomic E-state index is 12.0. The van der Waals surface area contributed by atoms with E-state index in [0.29, 0.717) is 23.5 Å². The van der Waals surface area contributed by atoms with Crippen molar-refractivity contribution < 1.29 is 9.21 Å². The molecule has 0 bridgehead atoms. The van der Waals surface area contributed by atoms with Gasteiger partial charge in [0.05, 0.1) is 5.69 Å². The normalized spacial score (nSPS) is 14.3. The van der Waals surface area contributed by atoms with Crippen molar-refractivity contribution in [2.75, 3.05) is 5.32 Å². The van der Waals surface area contributed by atoms with E-state index in [4.69, 9.17) is 4.42 Å². The molecule has 0 fully saturated rings. The first-order valence-corrected chi connectivity index (χ1v) is 7.27. The Morgan fingerprint density at radius 3 is 2.90 bits per heavy atom. The fourth-order valence-corrected chi connectivity index (χ4v) is 2.77. The van der Waals surface area contributed by atoms with Crippen molar-refractivity contribution in [2.24, 2.45) is 0 Å². The quantitative estimate of drug-likeness (QED) is 0.932. The first-order chi connectivity index (χ1) is 9.69. The molecule has 2 heterocycles. The molecule has 0 spiro atoms. The summed E-state index contributed by atoms with van der Waals surface area (Å²) in [6.07, 6.45) is 5.53. The molecule has 3 rings (SSSR count). The molecule has 0 atom stereocenters. The van der Waals surface area contributed by atoms with E-state index in [1.54, 1.807) is 6.92 Å². The molecule has 0 saturated carbocycles. The summed E-state index contributed by atoms with van der Waals surface area (Å²) in [4.78, 5) is 20.9. The van der Waals surface area contributed by atoms with Crippen LogP contribution in [0.4, 0.5) is 5.69 Å². The minimum Gasteiger partial charge on any atom is -0.423 e. The number of anilines is 1. The van der Waals surface area contributed by atoms with E-state index < -0.39 is 0 Å². The van der Waals surface area contributed by atoms with Gasteiger partial charge >= 0.3 is 0 Å². The smallest absolute Gasteiger partial charge is 0.249 e. The maximum Gasteiger partial charge on any atom is 0.249 e. The number of aryl methyl sites for hydroxylation is 2. The number of carbonyl (C=O) groups excluding carboxylic acids is 1. The average Bonchev–Trinajstić information content (AvgIpc) is 2.79. The van der Waals surface area contributed by atoms with Gasteiger partial charge in [-0.1, -0.05) is 6.92 Å². The number of aromatic nitrogens is 2. The monoisotopic (exact) mass is 273 g/mol. The van der Waals surface area contributed by atoms with Crippen LogP contribution < -0.4 is 5.32 Å². The van der Waals surface area contributed by atoms with Crippen molar-refractivity contribution in [3.05, 3.63) is 17.1 Å². The number of nitrogens with zero attached hydrogens (tertiary/aromatic N) is 2. The van der Waals surface area contributed by atoms with Gasteiger partial charge in [-0.05, 0) is 37.7 Å². The molecule has 0 unspecified atom stereocenters. The van der Waals surface area contributed by atoms with E-state index in [1.165, 1.54) is 0 Å². The Morgan fingerprint density at radius 1 is 1.30 bits per heavy atom. The summed E-state index contributed by atoms with van der Waals surface area (Å²) in [7, 11) is 0. The molecule has 0 aromatic carbocycles. The van der Waals surface area contributed by atoms with Gasteiger partial charge in [0.2, 0.25) is 11.6 Å². The Balaban J connectivity index is 2.12. The van der Waals surface area contributed by atoms with Crippen LogP contribution in [-0.2, 0) is 17.6 Å². The summed E-state index contributed by atoms with van der Waals surface area (Å²) in [6, 6.07) is 0. The summed E-state index contributed by atoms with van der Waals surface area (Å²) in [5, 5.41) is 3.03. The molecule has 2 aromatic heterocycles. The summed E-state index contributed by atoms with van der Waals surface area (Å²) < 4.78 is 5.54. The van der Waals surface area contributed by atoms with Crippen LogP contribution in [-0.4, -0.2) is 15.9 Å². The van der Waals surface area contributed by atoms with Gasteiger partial charge in [0.25, 0.3) is 0 Å². The van der Waals surface area contributed by atoms with Gasteiger partial charge in [-0.15, -0.1) is 0 Å². The Kier molecular flexibility index (Phi) is 3.42. The molecule has 2 aromatic rings. The lowest BCUT2D eigenvalue weighted by Gasteiger charge is -2.18. The van der Waals surface area contributed by atoms with Crippen LogP contribution in [0.25, 0.3) is 11.2 Å². The number of oxazole rings is 1. The van der Waals surface area contributed by atoms with Crippen LogP contribution in [0.1, 0.15) is 49.8 Å². The first-order valence-electron chi connectivity index (χ1n) is 7.27. The Morgan fingerprint density at radius 2 is 2.10 bits per heavy atom. The molecule has 20 heavy (non-hydrogen) atoms. The SMILES string of the molecule is CCCC(=O)Nc1c2c(nc3oc(C)nc13)CCCC2. The molecule has 0 radical (unpaired) electrons. The standard InChI is InChI=1S/C15H19N3O2/c1-3-6-12(19)18-13-10-7-4-5-8-11(10)17-15-14(13)16-9(2)20-15/h3-8H2,1-2H3,(H,17,18,19). The highest BCUT2D eigenvalue weighted by atomic mass is 16.4. The number of rotatable bonds is 3. The minimum absolute atomic E-state index is 0.0356. The second kappa shape index (κ2) is 5.23. The predicted molar refractivity (Wildman–Crippen MR) is 76.7 cm³/mol. The molecule has 1 aliphatic carbocycles. The highest BCUT2D eigenvalue weighted by molar-refractivity contribution is 5.99. The van der Waals surface area contributed by atoms with Crippen molar-refractivity contribution >= 4 is 22.8 Å². The van der Waals surface area contributed by atoms with Gasteiger partial charge in [0, 0.05) is 19.0 Å². The predicted octanol–water partition coefficient (Wildman–Crippen LogP) is 3.15. The van der Waals surface area contributed by atoms with Crippen LogP contribution in [0.2, 0.25) is 0 Å². The second-order valence-electron chi connectivity index (χ2n) is 5.30. The third-order valence-electron chi connectivity index (χ3n) is 3.67. The molecule has 5 nitrogen and oxygen atoms in total. The molecule has 1 amide bonds. The number of pyridine rings is 1. The number of nitrogens with one attached hydrogen (secondary N) is 1. The number of hydrogen-bond donors (Lipinski definition) is 1. The Bertz CT molecular complexity index is 661. The van der Waals surface area contributed by atoms with Crippen LogP contribution >= 0.6 is 0 Å². The third kappa shape index (κ3) is 2.28. The van der Waals surface area contributed by atoms with Gasteiger partial charge in [-0.3, -0.25) is 4.79 Å². The van der Waals surface area contributed by atoms with Crippen LogP contribution in [0.5, 0.6) is 0 Å². The molecule has 5 heteroatoms. The highest BCUT2D eigenvalue weighted by Crippen LogP contribution is 2.33. The van der Waals surface area contributed by atoms with Crippen LogP contribution in [0.15, 0.2) is 4.42 Å². The van der Waals surface area contributed by atoms with Crippen molar-refractivity contribution in [3.8, 4) is 0 Å². The zero-order valence-corrected chi connectivity index (χ0v) is 12.0. The van der Waals surface area contributed by atoms with E-state index in [0.717, 1.165) is 49.0 Å². The van der Waals surface area contributed by atoms with E-state index in [-0.39, 0.29) is 5.91 Å². The molecule has 0 saturated heterocycles. The highest BCUT2D eigenvalue weighted by Gasteiger charge is 2.22. The van der Waals surface area contributed by atoms with Gasteiger partial charge in [-0.2, -0.15) is 0 Å². The fraction of sp³-hybridized carbons (Fsp3) is 0.533. The second-order valence-corrected chi connectivity index (χ2v) is 5.30. The van der Waals surface area contributed by atoms with Crippen molar-refractivity contribution in [2.45, 2.75) is 52.4 Å². The zero-order valence-electron chi connectivity index (χ0n) is 12.0. The van der Waals surface area contributed by atoms with Gasteiger partial charge in [0.15, 0.2) is 11.4 Å². The third-order valence-corrected chi connectivity index (χ3v) is 3.67. The van der Waals surface area contributed by atoms with Crippen molar-refractivity contribution in [1.29, 1.82) is 0 Å². The van der Waals surface area contributed by atoms with E-state index >= 15 is 0 Å². The summed E-state index contributed by atoms with van der Waals surface area (Å²) in [5.74, 6) is 0.620. The first kappa shape index (κ1) is 13.1. The van der Waals surface area contributed by atoms with Gasteiger partial charge < -0.3 is 9.73 Å². The maximum atomic E-state index is 12.0. The van der Waals surface area contributed by atoms with Gasteiger partial charge in [-0.25, -0.2) is 9.97 Å². The lowest BCUT2D eigenvalue weighted by atomic mass is 9.94. The summed E-state index contributed by atoms with van der Waals surface area (Å²) >= 11 is 0. The lowest BCUT2D eigenvalue weighted by molar-refractivity contribution is -0.116. The average molecular weight is 273 g/mol. The lowest BCUT2D eigenvalue weighted by Crippen LogP contribution is -2.16. The van der Waals surface area contributed by atoms with Crippen LogP contribution in [0, 0.1) is 6.92 Å². The van der Waals surface area contributed by atoms with Crippen LogP contribution in [0.3, 0.4) is 0 Å². The fourth-order valence-electron chi connectivity index (χ4n) is 2.77. The van der Waals surface area contributed by atoms with E-state index in [9.17, 15) is 4.79 Å². The molecule has 1 aliphatic rings. The summed E-state index contributed by atoms with van der Waals surface area (Å²) in [6.45, 7) is 3.80. The van der Waals surface area contributed by atoms with E-state index in [2.05, 4.69) is 15.3 Å². The number of amides is 1. The molecular formula is C15H19N3O2. The largest absolute Gasteiger partial charge is 0.423 e. The topological polar surface area (TPSA) is 68.0 Å². The summed E-state index contributed by atoms with van der Waals surface area (Å²) in [5.41, 5.74) is 4.23.